The maximum Gasteiger partial charge on any atom is 0.350 e. The first-order chi connectivity index (χ1) is 5.97. The maximum atomic E-state index is 10.2. The van der Waals surface area contributed by atoms with Gasteiger partial charge in [-0.25, -0.2) is 0 Å². The molecule has 5 nitrogen and oxygen atoms in total. The average Bonchev–Trinajstić information content (AvgIpc) is 2.02. The Balaban J connectivity index is 2.61. The second-order valence-electron chi connectivity index (χ2n) is 2.21. The summed E-state index contributed by atoms with van der Waals surface area (Å²) in [6.07, 6.45) is 0. The van der Waals surface area contributed by atoms with Gasteiger partial charge in [-0.3, -0.25) is 4.55 Å². The summed E-state index contributed by atoms with van der Waals surface area (Å²) < 4.78 is 28.8. The molecule has 0 spiro atoms. The van der Waals surface area contributed by atoms with Crippen molar-refractivity contribution in [2.24, 2.45) is 0 Å². The zero-order chi connectivity index (χ0) is 9.90. The van der Waals surface area contributed by atoms with E-state index < -0.39 is 10.3 Å². The standard InChI is InChI=1S/C6H7ClN2O3S/c7-5-1-3-6(4-2-5)8-9-13(10,11)12/h1-4,8-9H,(H,10,11,12). The van der Waals surface area contributed by atoms with Gasteiger partial charge in [0, 0.05) is 10.7 Å². The third kappa shape index (κ3) is 4.09. The van der Waals surface area contributed by atoms with Crippen molar-refractivity contribution < 1.29 is 13.0 Å². The zero-order valence-corrected chi connectivity index (χ0v) is 7.93. The van der Waals surface area contributed by atoms with E-state index in [1.54, 1.807) is 29.1 Å². The smallest absolute Gasteiger partial charge is 0.306 e. The van der Waals surface area contributed by atoms with E-state index in [4.69, 9.17) is 16.2 Å². The molecule has 0 saturated heterocycles. The maximum absolute atomic E-state index is 10.2. The Bertz CT molecular complexity index is 375. The van der Waals surface area contributed by atoms with Gasteiger partial charge in [-0.05, 0) is 24.3 Å². The molecule has 0 aliphatic carbocycles. The van der Waals surface area contributed by atoms with Crippen LogP contribution >= 0.6 is 11.6 Å². The van der Waals surface area contributed by atoms with E-state index in [2.05, 4.69) is 5.43 Å². The molecular weight excluding hydrogens is 216 g/mol. The zero-order valence-electron chi connectivity index (χ0n) is 6.36. The van der Waals surface area contributed by atoms with Gasteiger partial charge < -0.3 is 5.43 Å². The fraction of sp³-hybridized carbons (Fsp3) is 0. The number of halogens is 1. The molecule has 72 valence electrons. The molecule has 0 aromatic heterocycles. The fourth-order valence-corrected chi connectivity index (χ4v) is 1.03. The van der Waals surface area contributed by atoms with Gasteiger partial charge in [0.05, 0.1) is 0 Å². The molecule has 13 heavy (non-hydrogen) atoms. The largest absolute Gasteiger partial charge is 0.350 e. The number of rotatable bonds is 3. The third-order valence-electron chi connectivity index (χ3n) is 1.17. The van der Waals surface area contributed by atoms with Gasteiger partial charge in [-0.2, -0.15) is 8.42 Å². The van der Waals surface area contributed by atoms with Crippen LogP contribution in [0.5, 0.6) is 0 Å². The van der Waals surface area contributed by atoms with Crippen molar-refractivity contribution in [1.82, 2.24) is 4.83 Å². The molecule has 7 heteroatoms. The van der Waals surface area contributed by atoms with Crippen LogP contribution in [0.15, 0.2) is 24.3 Å². The van der Waals surface area contributed by atoms with E-state index in [-0.39, 0.29) is 0 Å². The van der Waals surface area contributed by atoms with Gasteiger partial charge in [-0.15, -0.1) is 4.83 Å². The first-order valence-electron chi connectivity index (χ1n) is 3.23. The molecule has 0 radical (unpaired) electrons. The third-order valence-corrected chi connectivity index (χ3v) is 1.78. The van der Waals surface area contributed by atoms with E-state index in [0.717, 1.165) is 0 Å². The SMILES string of the molecule is O=S(=O)(O)NNc1ccc(Cl)cc1. The summed E-state index contributed by atoms with van der Waals surface area (Å²) in [4.78, 5) is 1.69. The number of hydrazine groups is 1. The van der Waals surface area contributed by atoms with Crippen LogP contribution in [-0.2, 0) is 10.3 Å². The lowest BCUT2D eigenvalue weighted by molar-refractivity contribution is 0.473. The second-order valence-corrected chi connectivity index (χ2v) is 3.80. The van der Waals surface area contributed by atoms with E-state index in [1.807, 2.05) is 0 Å². The minimum absolute atomic E-state index is 0.474. The Labute approximate surface area is 80.6 Å². The molecule has 0 bridgehead atoms. The minimum atomic E-state index is -4.23. The highest BCUT2D eigenvalue weighted by molar-refractivity contribution is 7.83. The summed E-state index contributed by atoms with van der Waals surface area (Å²) in [6, 6.07) is 6.27. The highest BCUT2D eigenvalue weighted by Gasteiger charge is 2.00. The van der Waals surface area contributed by atoms with Crippen LogP contribution in [0, 0.1) is 0 Å². The van der Waals surface area contributed by atoms with Crippen molar-refractivity contribution in [3.63, 3.8) is 0 Å². The normalized spacial score (nSPS) is 11.2. The molecule has 3 N–H and O–H groups in total. The quantitative estimate of drug-likeness (QED) is 0.528. The fourth-order valence-electron chi connectivity index (χ4n) is 0.657. The van der Waals surface area contributed by atoms with Gasteiger partial charge in [0.1, 0.15) is 0 Å². The van der Waals surface area contributed by atoms with Gasteiger partial charge in [0.2, 0.25) is 0 Å². The van der Waals surface area contributed by atoms with E-state index in [0.29, 0.717) is 10.7 Å². The predicted octanol–water partition coefficient (Wildman–Crippen LogP) is 1.06. The van der Waals surface area contributed by atoms with Crippen LogP contribution in [-0.4, -0.2) is 13.0 Å². The van der Waals surface area contributed by atoms with Gasteiger partial charge in [-0.1, -0.05) is 11.6 Å². The highest BCUT2D eigenvalue weighted by Crippen LogP contribution is 2.12. The topological polar surface area (TPSA) is 78.4 Å². The van der Waals surface area contributed by atoms with Crippen molar-refractivity contribution in [1.29, 1.82) is 0 Å². The lowest BCUT2D eigenvalue weighted by atomic mass is 10.3. The molecule has 0 aliphatic rings. The van der Waals surface area contributed by atoms with Crippen LogP contribution < -0.4 is 10.3 Å². The molecule has 1 aromatic rings. The lowest BCUT2D eigenvalue weighted by Gasteiger charge is -2.04. The van der Waals surface area contributed by atoms with E-state index >= 15 is 0 Å². The summed E-state index contributed by atoms with van der Waals surface area (Å²) in [5.41, 5.74) is 2.74. The minimum Gasteiger partial charge on any atom is -0.306 e. The van der Waals surface area contributed by atoms with Crippen LogP contribution in [0.2, 0.25) is 5.02 Å². The number of anilines is 1. The molecule has 1 rings (SSSR count). The molecule has 0 atom stereocenters. The monoisotopic (exact) mass is 222 g/mol. The predicted molar refractivity (Wildman–Crippen MR) is 49.8 cm³/mol. The van der Waals surface area contributed by atoms with Crippen molar-refractivity contribution in [3.8, 4) is 0 Å². The lowest BCUT2D eigenvalue weighted by Crippen LogP contribution is -2.28. The summed E-state index contributed by atoms with van der Waals surface area (Å²) >= 11 is 5.59. The molecule has 0 unspecified atom stereocenters. The first-order valence-corrected chi connectivity index (χ1v) is 5.05. The Morgan fingerprint density at radius 2 is 1.77 bits per heavy atom. The van der Waals surface area contributed by atoms with Crippen LogP contribution in [0.25, 0.3) is 0 Å². The van der Waals surface area contributed by atoms with Crippen molar-refractivity contribution in [3.05, 3.63) is 29.3 Å². The molecule has 0 heterocycles. The average molecular weight is 223 g/mol. The highest BCUT2D eigenvalue weighted by atomic mass is 35.5. The summed E-state index contributed by atoms with van der Waals surface area (Å²) in [7, 11) is -4.23. The Morgan fingerprint density at radius 1 is 1.23 bits per heavy atom. The molecule has 1 aromatic carbocycles. The summed E-state index contributed by atoms with van der Waals surface area (Å²) in [5.74, 6) is 0. The van der Waals surface area contributed by atoms with Gasteiger partial charge in [0.25, 0.3) is 0 Å². The summed E-state index contributed by atoms with van der Waals surface area (Å²) in [5, 5.41) is 0.539. The van der Waals surface area contributed by atoms with Crippen molar-refractivity contribution >= 4 is 27.6 Å². The van der Waals surface area contributed by atoms with Crippen LogP contribution in [0.3, 0.4) is 0 Å². The molecule has 0 fully saturated rings. The number of nitrogens with one attached hydrogen (secondary N) is 2. The van der Waals surface area contributed by atoms with Gasteiger partial charge in [0.15, 0.2) is 0 Å². The second kappa shape index (κ2) is 3.93. The summed E-state index contributed by atoms with van der Waals surface area (Å²) in [6.45, 7) is 0. The Kier molecular flexibility index (Phi) is 3.10. The van der Waals surface area contributed by atoms with Crippen molar-refractivity contribution in [2.75, 3.05) is 5.43 Å². The first kappa shape index (κ1) is 10.3. The van der Waals surface area contributed by atoms with Crippen LogP contribution in [0.1, 0.15) is 0 Å². The van der Waals surface area contributed by atoms with Gasteiger partial charge >= 0.3 is 10.3 Å². The number of hydrogen-bond donors (Lipinski definition) is 3. The van der Waals surface area contributed by atoms with Crippen molar-refractivity contribution in [2.45, 2.75) is 0 Å². The number of benzene rings is 1. The molecule has 0 saturated carbocycles. The number of hydrogen-bond acceptors (Lipinski definition) is 3. The molecule has 0 aliphatic heterocycles. The van der Waals surface area contributed by atoms with E-state index in [1.165, 1.54) is 0 Å². The van der Waals surface area contributed by atoms with E-state index in [9.17, 15) is 8.42 Å². The Morgan fingerprint density at radius 3 is 2.23 bits per heavy atom. The molecule has 0 amide bonds. The van der Waals surface area contributed by atoms with Crippen LogP contribution in [0.4, 0.5) is 5.69 Å². The molecular formula is C6H7ClN2O3S. The Hall–Kier alpha value is -0.820.